The fraction of sp³-hybridized carbons (Fsp3) is 0.438. The minimum absolute atomic E-state index is 0.551. The summed E-state index contributed by atoms with van der Waals surface area (Å²) in [4.78, 5) is 37.3. The highest BCUT2D eigenvalue weighted by atomic mass is 32.2. The molecule has 1 unspecified atom stereocenters. The van der Waals surface area contributed by atoms with Gasteiger partial charge in [-0.1, -0.05) is 30.3 Å². The van der Waals surface area contributed by atoms with Crippen molar-refractivity contribution < 1.29 is 23.7 Å². The molecule has 2 aliphatic rings. The maximum Gasteiger partial charge on any atom is 0.328 e. The Morgan fingerprint density at radius 3 is 2.48 bits per heavy atom. The quantitative estimate of drug-likeness (QED) is 0.607. The number of amides is 2. The zero-order valence-electron chi connectivity index (χ0n) is 13.7. The van der Waals surface area contributed by atoms with Crippen LogP contribution in [0.4, 0.5) is 0 Å². The number of nitrogens with two attached hydrogens (primary N) is 1. The molecule has 2 fully saturated rings. The van der Waals surface area contributed by atoms with E-state index in [9.17, 15) is 23.7 Å². The molecule has 8 nitrogen and oxygen atoms in total. The van der Waals surface area contributed by atoms with Crippen LogP contribution in [-0.4, -0.2) is 54.2 Å². The van der Waals surface area contributed by atoms with Gasteiger partial charge in [-0.3, -0.25) is 13.8 Å². The maximum atomic E-state index is 12.7. The van der Waals surface area contributed by atoms with Gasteiger partial charge in [0, 0.05) is 0 Å². The monoisotopic (exact) mass is 365 g/mol. The lowest BCUT2D eigenvalue weighted by Crippen LogP contribution is -2.72. The SMILES string of the molecule is CC1(C)[C@H](C(=O)O)N2C(=O)[C@@H](NC(=O)[C@H](N)c3ccccc3)[C@H]2S1=O. The first kappa shape index (κ1) is 17.6. The Morgan fingerprint density at radius 2 is 1.92 bits per heavy atom. The van der Waals surface area contributed by atoms with Gasteiger partial charge in [-0.25, -0.2) is 4.79 Å². The number of benzene rings is 1. The van der Waals surface area contributed by atoms with E-state index in [1.165, 1.54) is 0 Å². The molecule has 2 amide bonds. The molecule has 2 saturated heterocycles. The predicted octanol–water partition coefficient (Wildman–Crippen LogP) is -0.666. The van der Waals surface area contributed by atoms with Crippen LogP contribution in [0.15, 0.2) is 30.3 Å². The van der Waals surface area contributed by atoms with E-state index in [1.54, 1.807) is 44.2 Å². The van der Waals surface area contributed by atoms with Crippen LogP contribution in [0.5, 0.6) is 0 Å². The molecule has 2 heterocycles. The van der Waals surface area contributed by atoms with Gasteiger partial charge in [-0.05, 0) is 19.4 Å². The Bertz CT molecular complexity index is 766. The van der Waals surface area contributed by atoms with Crippen LogP contribution in [0.2, 0.25) is 0 Å². The van der Waals surface area contributed by atoms with Crippen molar-refractivity contribution in [3.63, 3.8) is 0 Å². The van der Waals surface area contributed by atoms with Crippen molar-refractivity contribution in [2.24, 2.45) is 5.73 Å². The van der Waals surface area contributed by atoms with Gasteiger partial charge in [0.2, 0.25) is 11.8 Å². The Balaban J connectivity index is 1.78. The molecule has 2 aliphatic heterocycles. The lowest BCUT2D eigenvalue weighted by atomic mass is 9.95. The highest BCUT2D eigenvalue weighted by Gasteiger charge is 2.68. The molecule has 3 rings (SSSR count). The minimum Gasteiger partial charge on any atom is -0.480 e. The maximum absolute atomic E-state index is 12.7. The van der Waals surface area contributed by atoms with Gasteiger partial charge in [0.1, 0.15) is 23.5 Å². The molecule has 5 atom stereocenters. The molecular weight excluding hydrogens is 346 g/mol. The van der Waals surface area contributed by atoms with Crippen LogP contribution < -0.4 is 11.1 Å². The van der Waals surface area contributed by atoms with Crippen LogP contribution >= 0.6 is 0 Å². The van der Waals surface area contributed by atoms with Crippen molar-refractivity contribution in [1.82, 2.24) is 10.2 Å². The minimum atomic E-state index is -1.63. The summed E-state index contributed by atoms with van der Waals surface area (Å²) in [5, 5.41) is 11.0. The second kappa shape index (κ2) is 5.92. The summed E-state index contributed by atoms with van der Waals surface area (Å²) < 4.78 is 11.5. The first-order valence-corrected chi connectivity index (χ1v) is 8.95. The molecule has 0 saturated carbocycles. The topological polar surface area (TPSA) is 130 Å². The number of carboxylic acid groups (broad SMARTS) is 1. The molecule has 0 radical (unpaired) electrons. The van der Waals surface area contributed by atoms with Crippen molar-refractivity contribution in [3.8, 4) is 0 Å². The first-order valence-electron chi connectivity index (χ1n) is 7.74. The van der Waals surface area contributed by atoms with Gasteiger partial charge in [0.25, 0.3) is 0 Å². The molecule has 0 aromatic heterocycles. The van der Waals surface area contributed by atoms with Gasteiger partial charge in [0.15, 0.2) is 0 Å². The van der Waals surface area contributed by atoms with Gasteiger partial charge < -0.3 is 21.1 Å². The lowest BCUT2D eigenvalue weighted by molar-refractivity contribution is -0.161. The predicted molar refractivity (Wildman–Crippen MR) is 89.6 cm³/mol. The number of carboxylic acids is 1. The van der Waals surface area contributed by atoms with E-state index in [1.807, 2.05) is 0 Å². The Labute approximate surface area is 146 Å². The second-order valence-corrected chi connectivity index (χ2v) is 8.78. The number of nitrogens with zero attached hydrogens (tertiary/aromatic N) is 1. The van der Waals surface area contributed by atoms with Crippen molar-refractivity contribution in [1.29, 1.82) is 0 Å². The third-order valence-electron chi connectivity index (χ3n) is 4.73. The van der Waals surface area contributed by atoms with Crippen LogP contribution in [0, 0.1) is 0 Å². The molecule has 134 valence electrons. The summed E-state index contributed by atoms with van der Waals surface area (Å²) in [6.07, 6.45) is 0. The summed E-state index contributed by atoms with van der Waals surface area (Å²) in [5.74, 6) is -2.33. The Hall–Kier alpha value is -2.26. The number of nitrogens with one attached hydrogen (secondary N) is 1. The number of aliphatic carboxylic acids is 1. The van der Waals surface area contributed by atoms with E-state index in [0.29, 0.717) is 5.56 Å². The van der Waals surface area contributed by atoms with E-state index in [2.05, 4.69) is 5.32 Å². The molecule has 0 aliphatic carbocycles. The zero-order valence-corrected chi connectivity index (χ0v) is 14.5. The molecule has 9 heteroatoms. The van der Waals surface area contributed by atoms with Crippen molar-refractivity contribution >= 4 is 28.6 Å². The zero-order chi connectivity index (χ0) is 18.5. The van der Waals surface area contributed by atoms with Crippen LogP contribution in [0.1, 0.15) is 25.5 Å². The number of fused-ring (bicyclic) bond motifs is 1. The average molecular weight is 365 g/mol. The smallest absolute Gasteiger partial charge is 0.328 e. The van der Waals surface area contributed by atoms with Crippen LogP contribution in [0.25, 0.3) is 0 Å². The van der Waals surface area contributed by atoms with E-state index in [-0.39, 0.29) is 0 Å². The molecule has 1 aromatic rings. The van der Waals surface area contributed by atoms with Crippen molar-refractivity contribution in [3.05, 3.63) is 35.9 Å². The number of carbonyl (C=O) groups is 3. The van der Waals surface area contributed by atoms with E-state index >= 15 is 0 Å². The van der Waals surface area contributed by atoms with E-state index in [0.717, 1.165) is 4.90 Å². The second-order valence-electron chi connectivity index (χ2n) is 6.65. The average Bonchev–Trinajstić information content (AvgIpc) is 2.77. The Kier molecular flexibility index (Phi) is 4.16. The number of hydrogen-bond acceptors (Lipinski definition) is 5. The Morgan fingerprint density at radius 1 is 1.32 bits per heavy atom. The fourth-order valence-electron chi connectivity index (χ4n) is 3.35. The highest BCUT2D eigenvalue weighted by molar-refractivity contribution is 7.87. The highest BCUT2D eigenvalue weighted by Crippen LogP contribution is 2.43. The summed E-state index contributed by atoms with van der Waals surface area (Å²) >= 11 is 0. The van der Waals surface area contributed by atoms with E-state index in [4.69, 9.17) is 5.73 Å². The third-order valence-corrected chi connectivity index (χ3v) is 6.93. The third kappa shape index (κ3) is 2.54. The normalized spacial score (nSPS) is 31.0. The summed E-state index contributed by atoms with van der Waals surface area (Å²) in [6.45, 7) is 3.09. The summed E-state index contributed by atoms with van der Waals surface area (Å²) in [5.41, 5.74) is 6.49. The van der Waals surface area contributed by atoms with Crippen LogP contribution in [0.3, 0.4) is 0 Å². The lowest BCUT2D eigenvalue weighted by Gasteiger charge is -2.43. The standard InChI is InChI=1S/C16H19N3O5S/c1-16(2)11(15(22)23)19-13(21)10(14(19)25(16)24)18-12(20)9(17)8-6-4-3-5-7-8/h3-7,9-11,14H,17H2,1-2H3,(H,18,20)(H,22,23)/t9-,10-,11+,14-,25?/m1/s1. The van der Waals surface area contributed by atoms with Crippen molar-refractivity contribution in [2.75, 3.05) is 0 Å². The first-order chi connectivity index (χ1) is 11.7. The number of β-lactam (4-membered cyclic amide) rings is 1. The fourth-order valence-corrected chi connectivity index (χ4v) is 5.27. The molecule has 4 N–H and O–H groups in total. The summed E-state index contributed by atoms with van der Waals surface area (Å²) in [6, 6.07) is 5.48. The summed E-state index contributed by atoms with van der Waals surface area (Å²) in [7, 11) is -1.63. The van der Waals surface area contributed by atoms with Crippen molar-refractivity contribution in [2.45, 2.75) is 42.1 Å². The van der Waals surface area contributed by atoms with Crippen LogP contribution in [-0.2, 0) is 25.2 Å². The number of hydrogen-bond donors (Lipinski definition) is 3. The molecular formula is C16H19N3O5S. The van der Waals surface area contributed by atoms with Gasteiger partial charge in [0.05, 0.1) is 15.5 Å². The molecule has 0 bridgehead atoms. The van der Waals surface area contributed by atoms with Gasteiger partial charge in [-0.15, -0.1) is 0 Å². The largest absolute Gasteiger partial charge is 0.480 e. The molecule has 1 aromatic carbocycles. The molecule has 25 heavy (non-hydrogen) atoms. The number of carbonyl (C=O) groups excluding carboxylic acids is 2. The molecule has 0 spiro atoms. The van der Waals surface area contributed by atoms with Gasteiger partial charge >= 0.3 is 5.97 Å². The van der Waals surface area contributed by atoms with E-state index < -0.39 is 56.8 Å². The number of rotatable bonds is 4. The van der Waals surface area contributed by atoms with Gasteiger partial charge in [-0.2, -0.15) is 0 Å².